The predicted molar refractivity (Wildman–Crippen MR) is 288 cm³/mol. The highest BCUT2D eigenvalue weighted by Crippen LogP contribution is 2.42. The Balaban J connectivity index is 0.939. The third-order valence-electron chi connectivity index (χ3n) is 14.9. The van der Waals surface area contributed by atoms with Crippen molar-refractivity contribution in [3.05, 3.63) is 242 Å². The molecule has 0 atom stereocenters. The van der Waals surface area contributed by atoms with Crippen LogP contribution >= 0.6 is 0 Å². The standard InChI is InChI=1S/C65H41N3/c1-3-14-49(15-4-1)67-61-21-10-8-19-53(61)55-36-45(30-35-62(55)67)44-28-33-58-56(37-44)57-38-46(47-27-32-54-52-18-7-9-20-60(52)68(63(54)39-47)50-16-5-2-6-17-50)29-34-59(57)66(58)40-48-25-24-43-23-22-41-12-11-13-42-26-31-51(48)65(43)64(41)42/h1-39H,40H2. The van der Waals surface area contributed by atoms with Crippen LogP contribution in [0.5, 0.6) is 0 Å². The van der Waals surface area contributed by atoms with Gasteiger partial charge in [-0.05, 0) is 139 Å². The van der Waals surface area contributed by atoms with Crippen LogP contribution in [0.1, 0.15) is 5.56 Å². The second-order valence-electron chi connectivity index (χ2n) is 18.5. The molecule has 3 heterocycles. The second-order valence-corrected chi connectivity index (χ2v) is 18.5. The van der Waals surface area contributed by atoms with Crippen molar-refractivity contribution < 1.29 is 0 Å². The van der Waals surface area contributed by atoms with Gasteiger partial charge in [0, 0.05) is 61.3 Å². The number of hydrogen-bond donors (Lipinski definition) is 0. The van der Waals surface area contributed by atoms with E-state index in [9.17, 15) is 0 Å². The van der Waals surface area contributed by atoms with E-state index >= 15 is 0 Å². The van der Waals surface area contributed by atoms with E-state index in [1.807, 2.05) is 0 Å². The molecule has 3 nitrogen and oxygen atoms in total. The van der Waals surface area contributed by atoms with Gasteiger partial charge in [-0.1, -0.05) is 158 Å². The molecule has 0 radical (unpaired) electrons. The van der Waals surface area contributed by atoms with Gasteiger partial charge < -0.3 is 13.7 Å². The molecule has 0 aliphatic rings. The van der Waals surface area contributed by atoms with E-state index in [0.717, 1.165) is 12.2 Å². The minimum Gasteiger partial charge on any atom is -0.336 e. The van der Waals surface area contributed by atoms with Gasteiger partial charge in [0.1, 0.15) is 0 Å². The van der Waals surface area contributed by atoms with Crippen molar-refractivity contribution in [2.75, 3.05) is 0 Å². The molecule has 0 fully saturated rings. The molecule has 68 heavy (non-hydrogen) atoms. The first-order valence-electron chi connectivity index (χ1n) is 23.6. The van der Waals surface area contributed by atoms with Crippen molar-refractivity contribution in [2.45, 2.75) is 6.54 Å². The molecule has 0 aliphatic carbocycles. The van der Waals surface area contributed by atoms with Gasteiger partial charge in [0.15, 0.2) is 0 Å². The maximum Gasteiger partial charge on any atom is 0.0547 e. The Morgan fingerprint density at radius 1 is 0.250 bits per heavy atom. The number of benzene rings is 12. The average molecular weight is 864 g/mol. The summed E-state index contributed by atoms with van der Waals surface area (Å²) in [7, 11) is 0. The highest BCUT2D eigenvalue weighted by atomic mass is 15.0. The highest BCUT2D eigenvalue weighted by molar-refractivity contribution is 6.24. The molecule has 0 spiro atoms. The summed E-state index contributed by atoms with van der Waals surface area (Å²) in [6.45, 7) is 0.751. The summed E-state index contributed by atoms with van der Waals surface area (Å²) < 4.78 is 7.36. The number of rotatable bonds is 6. The Morgan fingerprint density at radius 3 is 1.31 bits per heavy atom. The summed E-state index contributed by atoms with van der Waals surface area (Å²) in [5.41, 5.74) is 15.8. The van der Waals surface area contributed by atoms with E-state index in [-0.39, 0.29) is 0 Å². The molecule has 0 saturated carbocycles. The quantitative estimate of drug-likeness (QED) is 0.148. The molecular weight excluding hydrogens is 823 g/mol. The summed E-state index contributed by atoms with van der Waals surface area (Å²) in [5.74, 6) is 0. The fourth-order valence-electron chi connectivity index (χ4n) is 11.8. The van der Waals surface area contributed by atoms with Crippen LogP contribution in [0.15, 0.2) is 237 Å². The first kappa shape index (κ1) is 37.3. The Kier molecular flexibility index (Phi) is 7.84. The number of nitrogens with zero attached hydrogens (tertiary/aromatic N) is 3. The normalized spacial score (nSPS) is 12.2. The maximum atomic E-state index is 2.55. The second kappa shape index (κ2) is 14.3. The van der Waals surface area contributed by atoms with Crippen LogP contribution < -0.4 is 0 Å². The number of hydrogen-bond acceptors (Lipinski definition) is 0. The lowest BCUT2D eigenvalue weighted by Crippen LogP contribution is -2.01. The third kappa shape index (κ3) is 5.41. The number of aromatic nitrogens is 3. The fourth-order valence-corrected chi connectivity index (χ4v) is 11.8. The summed E-state index contributed by atoms with van der Waals surface area (Å²) in [6.07, 6.45) is 0. The zero-order valence-corrected chi connectivity index (χ0v) is 37.1. The van der Waals surface area contributed by atoms with Crippen molar-refractivity contribution in [3.8, 4) is 33.6 Å². The van der Waals surface area contributed by atoms with E-state index in [2.05, 4.69) is 250 Å². The van der Waals surface area contributed by atoms with E-state index in [0.29, 0.717) is 0 Å². The summed E-state index contributed by atoms with van der Waals surface area (Å²) >= 11 is 0. The van der Waals surface area contributed by atoms with Crippen LogP contribution in [0.4, 0.5) is 0 Å². The van der Waals surface area contributed by atoms with Crippen LogP contribution in [-0.2, 0) is 6.54 Å². The maximum absolute atomic E-state index is 2.55. The first-order valence-corrected chi connectivity index (χ1v) is 23.6. The Bertz CT molecular complexity index is 4490. The molecule has 3 heteroatoms. The zero-order chi connectivity index (χ0) is 44.5. The molecule has 3 aromatic heterocycles. The summed E-state index contributed by atoms with van der Waals surface area (Å²) in [6, 6.07) is 87.9. The van der Waals surface area contributed by atoms with E-state index in [1.54, 1.807) is 0 Å². The molecule has 316 valence electrons. The van der Waals surface area contributed by atoms with E-state index < -0.39 is 0 Å². The molecule has 0 amide bonds. The SMILES string of the molecule is c1ccc(-n2c3ccccc3c3cc(-c4ccc5c(c4)c4cc(-c6ccc7c8ccccc8n(-c8ccccc8)c7c6)ccc4n5Cc4ccc5ccc6cccc7ccc4c5c67)ccc32)cc1. The first-order chi connectivity index (χ1) is 33.7. The zero-order valence-electron chi connectivity index (χ0n) is 37.1. The average Bonchev–Trinajstić information content (AvgIpc) is 4.03. The fraction of sp³-hybridized carbons (Fsp3) is 0.0154. The van der Waals surface area contributed by atoms with E-state index in [4.69, 9.17) is 0 Å². The molecule has 15 rings (SSSR count). The van der Waals surface area contributed by atoms with Crippen LogP contribution in [0.3, 0.4) is 0 Å². The van der Waals surface area contributed by atoms with Gasteiger partial charge in [-0.25, -0.2) is 0 Å². The molecule has 0 unspecified atom stereocenters. The largest absolute Gasteiger partial charge is 0.336 e. The van der Waals surface area contributed by atoms with E-state index in [1.165, 1.54) is 131 Å². The Hall–Kier alpha value is -8.92. The Morgan fingerprint density at radius 2 is 0.676 bits per heavy atom. The lowest BCUT2D eigenvalue weighted by Gasteiger charge is -2.15. The van der Waals surface area contributed by atoms with Crippen molar-refractivity contribution in [3.63, 3.8) is 0 Å². The highest BCUT2D eigenvalue weighted by Gasteiger charge is 2.19. The van der Waals surface area contributed by atoms with Crippen molar-refractivity contribution in [1.82, 2.24) is 13.7 Å². The lowest BCUT2D eigenvalue weighted by atomic mass is 9.92. The predicted octanol–water partition coefficient (Wildman–Crippen LogP) is 17.3. The molecule has 12 aromatic carbocycles. The molecule has 0 bridgehead atoms. The van der Waals surface area contributed by atoms with Gasteiger partial charge >= 0.3 is 0 Å². The summed E-state index contributed by atoms with van der Waals surface area (Å²) in [4.78, 5) is 0. The van der Waals surface area contributed by atoms with Gasteiger partial charge in [-0.15, -0.1) is 0 Å². The monoisotopic (exact) mass is 863 g/mol. The summed E-state index contributed by atoms with van der Waals surface area (Å²) in [5, 5.41) is 15.4. The van der Waals surface area contributed by atoms with Gasteiger partial charge in [0.05, 0.1) is 22.1 Å². The van der Waals surface area contributed by atoms with Gasteiger partial charge in [-0.2, -0.15) is 0 Å². The van der Waals surface area contributed by atoms with Gasteiger partial charge in [-0.3, -0.25) is 0 Å². The number of para-hydroxylation sites is 4. The Labute approximate surface area is 391 Å². The molecule has 0 aliphatic heterocycles. The molecule has 0 N–H and O–H groups in total. The van der Waals surface area contributed by atoms with Crippen LogP contribution in [-0.4, -0.2) is 13.7 Å². The van der Waals surface area contributed by atoms with Crippen molar-refractivity contribution in [2.24, 2.45) is 0 Å². The van der Waals surface area contributed by atoms with Gasteiger partial charge in [0.25, 0.3) is 0 Å². The minimum atomic E-state index is 0.751. The molecular formula is C65H41N3. The van der Waals surface area contributed by atoms with Crippen molar-refractivity contribution in [1.29, 1.82) is 0 Å². The van der Waals surface area contributed by atoms with Gasteiger partial charge in [0.2, 0.25) is 0 Å². The van der Waals surface area contributed by atoms with Crippen molar-refractivity contribution >= 4 is 97.7 Å². The molecule has 0 saturated heterocycles. The topological polar surface area (TPSA) is 14.8 Å². The third-order valence-corrected chi connectivity index (χ3v) is 14.9. The van der Waals surface area contributed by atoms with Crippen LogP contribution in [0, 0.1) is 0 Å². The van der Waals surface area contributed by atoms with Crippen LogP contribution in [0.25, 0.3) is 131 Å². The minimum absolute atomic E-state index is 0.751. The number of fused-ring (bicyclic) bond motifs is 9. The smallest absolute Gasteiger partial charge is 0.0547 e. The van der Waals surface area contributed by atoms with Crippen LogP contribution in [0.2, 0.25) is 0 Å². The lowest BCUT2D eigenvalue weighted by molar-refractivity contribution is 0.876. The molecule has 15 aromatic rings.